The molecule has 1 N–H and O–H groups in total. The fourth-order valence-electron chi connectivity index (χ4n) is 3.01. The second kappa shape index (κ2) is 10.7. The maximum atomic E-state index is 12.3. The minimum absolute atomic E-state index is 0.358. The second-order valence-corrected chi connectivity index (χ2v) is 7.05. The van der Waals surface area contributed by atoms with Crippen LogP contribution in [0.3, 0.4) is 0 Å². The van der Waals surface area contributed by atoms with Gasteiger partial charge in [-0.1, -0.05) is 24.3 Å². The zero-order valence-electron chi connectivity index (χ0n) is 18.0. The SMILES string of the molecule is COc1cc(CNc2ccc(N=Nc3ccccc3)cc2)ccc1OC(=O)c1ccncc1. The third-order valence-corrected chi connectivity index (χ3v) is 4.75. The van der Waals surface area contributed by atoms with E-state index in [1.54, 1.807) is 37.7 Å². The van der Waals surface area contributed by atoms with E-state index in [4.69, 9.17) is 9.47 Å². The molecule has 0 atom stereocenters. The summed E-state index contributed by atoms with van der Waals surface area (Å²) in [5.41, 5.74) is 3.92. The van der Waals surface area contributed by atoms with E-state index in [1.807, 2.05) is 66.7 Å². The molecule has 164 valence electrons. The highest BCUT2D eigenvalue weighted by molar-refractivity contribution is 5.91. The van der Waals surface area contributed by atoms with E-state index in [-0.39, 0.29) is 0 Å². The Balaban J connectivity index is 1.36. The number of nitrogens with one attached hydrogen (secondary N) is 1. The molecule has 1 aromatic heterocycles. The maximum Gasteiger partial charge on any atom is 0.343 e. The first kappa shape index (κ1) is 21.7. The van der Waals surface area contributed by atoms with Gasteiger partial charge in [0, 0.05) is 24.6 Å². The van der Waals surface area contributed by atoms with Crippen LogP contribution in [0.15, 0.2) is 108 Å². The minimum atomic E-state index is -0.467. The molecule has 1 heterocycles. The molecule has 0 aliphatic carbocycles. The van der Waals surface area contributed by atoms with E-state index < -0.39 is 5.97 Å². The number of ether oxygens (including phenoxy) is 2. The largest absolute Gasteiger partial charge is 0.493 e. The number of benzene rings is 3. The van der Waals surface area contributed by atoms with Crippen LogP contribution in [-0.4, -0.2) is 18.1 Å². The molecule has 0 aliphatic heterocycles. The number of esters is 1. The van der Waals surface area contributed by atoms with Crippen LogP contribution in [0.4, 0.5) is 17.1 Å². The van der Waals surface area contributed by atoms with Crippen molar-refractivity contribution >= 4 is 23.0 Å². The van der Waals surface area contributed by atoms with Gasteiger partial charge in [-0.2, -0.15) is 10.2 Å². The Kier molecular flexibility index (Phi) is 7.02. The summed E-state index contributed by atoms with van der Waals surface area (Å²) < 4.78 is 10.9. The van der Waals surface area contributed by atoms with E-state index in [0.29, 0.717) is 23.6 Å². The van der Waals surface area contributed by atoms with Crippen LogP contribution in [0.1, 0.15) is 15.9 Å². The number of methoxy groups -OCH3 is 1. The number of carbonyl (C=O) groups excluding carboxylic acids is 1. The number of hydrogen-bond acceptors (Lipinski definition) is 7. The lowest BCUT2D eigenvalue weighted by Gasteiger charge is -2.12. The van der Waals surface area contributed by atoms with Gasteiger partial charge >= 0.3 is 5.97 Å². The summed E-state index contributed by atoms with van der Waals surface area (Å²) in [6.45, 7) is 0.569. The van der Waals surface area contributed by atoms with Gasteiger partial charge in [-0.25, -0.2) is 4.79 Å². The fraction of sp³-hybridized carbons (Fsp3) is 0.0769. The van der Waals surface area contributed by atoms with Crippen molar-refractivity contribution in [3.8, 4) is 11.5 Å². The molecule has 33 heavy (non-hydrogen) atoms. The zero-order chi connectivity index (χ0) is 22.9. The number of aromatic nitrogens is 1. The van der Waals surface area contributed by atoms with Gasteiger partial charge in [-0.3, -0.25) is 4.98 Å². The molecule has 3 aromatic carbocycles. The summed E-state index contributed by atoms with van der Waals surface area (Å²) in [5, 5.41) is 11.8. The Bertz CT molecular complexity index is 1230. The molecular weight excluding hydrogens is 416 g/mol. The lowest BCUT2D eigenvalue weighted by atomic mass is 10.2. The molecule has 0 fully saturated rings. The van der Waals surface area contributed by atoms with Crippen molar-refractivity contribution in [1.29, 1.82) is 0 Å². The molecule has 7 heteroatoms. The Morgan fingerprint density at radius 3 is 2.24 bits per heavy atom. The van der Waals surface area contributed by atoms with Crippen LogP contribution >= 0.6 is 0 Å². The van der Waals surface area contributed by atoms with Gasteiger partial charge in [0.05, 0.1) is 24.0 Å². The lowest BCUT2D eigenvalue weighted by Crippen LogP contribution is -2.09. The highest BCUT2D eigenvalue weighted by Crippen LogP contribution is 2.29. The van der Waals surface area contributed by atoms with Gasteiger partial charge in [0.2, 0.25) is 0 Å². The number of nitrogens with zero attached hydrogens (tertiary/aromatic N) is 3. The molecule has 0 saturated carbocycles. The third-order valence-electron chi connectivity index (χ3n) is 4.75. The summed E-state index contributed by atoms with van der Waals surface area (Å²) in [6.07, 6.45) is 3.09. The molecule has 0 unspecified atom stereocenters. The predicted octanol–water partition coefficient (Wildman–Crippen LogP) is 6.34. The smallest absolute Gasteiger partial charge is 0.343 e. The van der Waals surface area contributed by atoms with Crippen LogP contribution in [0, 0.1) is 0 Å². The Morgan fingerprint density at radius 1 is 0.848 bits per heavy atom. The lowest BCUT2D eigenvalue weighted by molar-refractivity contribution is 0.0729. The Labute approximate surface area is 191 Å². The summed E-state index contributed by atoms with van der Waals surface area (Å²) in [5.74, 6) is 0.371. The van der Waals surface area contributed by atoms with E-state index in [2.05, 4.69) is 20.5 Å². The Hall–Kier alpha value is -4.52. The number of carbonyl (C=O) groups is 1. The molecule has 0 saturated heterocycles. The first-order chi connectivity index (χ1) is 16.2. The molecule has 4 rings (SSSR count). The highest BCUT2D eigenvalue weighted by atomic mass is 16.6. The van der Waals surface area contributed by atoms with Crippen molar-refractivity contribution in [2.45, 2.75) is 6.54 Å². The number of anilines is 1. The molecule has 7 nitrogen and oxygen atoms in total. The van der Waals surface area contributed by atoms with Gasteiger partial charge in [-0.05, 0) is 66.2 Å². The number of azo groups is 1. The molecule has 4 aromatic rings. The Morgan fingerprint density at radius 2 is 1.55 bits per heavy atom. The van der Waals surface area contributed by atoms with Crippen molar-refractivity contribution in [2.75, 3.05) is 12.4 Å². The normalized spacial score (nSPS) is 10.7. The number of rotatable bonds is 8. The van der Waals surface area contributed by atoms with Crippen LogP contribution in [0.5, 0.6) is 11.5 Å². The second-order valence-electron chi connectivity index (χ2n) is 7.05. The predicted molar refractivity (Wildman–Crippen MR) is 127 cm³/mol. The number of pyridine rings is 1. The van der Waals surface area contributed by atoms with E-state index in [9.17, 15) is 4.79 Å². The van der Waals surface area contributed by atoms with Gasteiger partial charge in [-0.15, -0.1) is 0 Å². The maximum absolute atomic E-state index is 12.3. The van der Waals surface area contributed by atoms with Gasteiger partial charge < -0.3 is 14.8 Å². The summed E-state index contributed by atoms with van der Waals surface area (Å²) >= 11 is 0. The summed E-state index contributed by atoms with van der Waals surface area (Å²) in [7, 11) is 1.54. The van der Waals surface area contributed by atoms with Gasteiger partial charge in [0.25, 0.3) is 0 Å². The molecule has 0 amide bonds. The molecular formula is C26H22N4O3. The average Bonchev–Trinajstić information content (AvgIpc) is 2.88. The van der Waals surface area contributed by atoms with Crippen LogP contribution < -0.4 is 14.8 Å². The fourth-order valence-corrected chi connectivity index (χ4v) is 3.01. The monoisotopic (exact) mass is 438 g/mol. The minimum Gasteiger partial charge on any atom is -0.493 e. The first-order valence-electron chi connectivity index (χ1n) is 10.3. The van der Waals surface area contributed by atoms with Crippen LogP contribution in [0.25, 0.3) is 0 Å². The van der Waals surface area contributed by atoms with E-state index in [0.717, 1.165) is 22.6 Å². The molecule has 0 radical (unpaired) electrons. The van der Waals surface area contributed by atoms with Gasteiger partial charge in [0.15, 0.2) is 11.5 Å². The number of hydrogen-bond donors (Lipinski definition) is 1. The van der Waals surface area contributed by atoms with E-state index in [1.165, 1.54) is 0 Å². The van der Waals surface area contributed by atoms with Crippen LogP contribution in [0.2, 0.25) is 0 Å². The molecule has 0 spiro atoms. The first-order valence-corrected chi connectivity index (χ1v) is 10.3. The molecule has 0 aliphatic rings. The third kappa shape index (κ3) is 6.01. The summed E-state index contributed by atoms with van der Waals surface area (Å²) in [4.78, 5) is 16.2. The highest BCUT2D eigenvalue weighted by Gasteiger charge is 2.13. The molecule has 0 bridgehead atoms. The van der Waals surface area contributed by atoms with Crippen molar-refractivity contribution in [2.24, 2.45) is 10.2 Å². The van der Waals surface area contributed by atoms with Gasteiger partial charge in [0.1, 0.15) is 0 Å². The average molecular weight is 438 g/mol. The van der Waals surface area contributed by atoms with Crippen molar-refractivity contribution < 1.29 is 14.3 Å². The topological polar surface area (TPSA) is 85.2 Å². The summed E-state index contributed by atoms with van der Waals surface area (Å²) in [6, 6.07) is 25.9. The quantitative estimate of drug-likeness (QED) is 0.197. The van der Waals surface area contributed by atoms with Crippen LogP contribution in [-0.2, 0) is 6.54 Å². The zero-order valence-corrected chi connectivity index (χ0v) is 18.0. The standard InChI is InChI=1S/C26H22N4O3/c1-32-25-17-19(7-12-24(25)33-26(31)20-13-15-27-16-14-20)18-28-21-8-10-23(11-9-21)30-29-22-5-3-2-4-6-22/h2-17,28H,18H2,1H3. The van der Waals surface area contributed by atoms with E-state index >= 15 is 0 Å². The van der Waals surface area contributed by atoms with Crippen molar-refractivity contribution in [1.82, 2.24) is 4.98 Å². The van der Waals surface area contributed by atoms with Crippen molar-refractivity contribution in [3.05, 3.63) is 108 Å². The van der Waals surface area contributed by atoms with Crippen molar-refractivity contribution in [3.63, 3.8) is 0 Å².